The first-order chi connectivity index (χ1) is 13.8. The van der Waals surface area contributed by atoms with E-state index in [1.54, 1.807) is 19.1 Å². The number of nitrogens with one attached hydrogen (secondary N) is 1. The van der Waals surface area contributed by atoms with Gasteiger partial charge in [-0.2, -0.15) is 13.2 Å². The Kier molecular flexibility index (Phi) is 4.91. The molecule has 0 atom stereocenters. The Labute approximate surface area is 168 Å². The van der Waals surface area contributed by atoms with Gasteiger partial charge in [-0.05, 0) is 36.8 Å². The molecule has 0 fully saturated rings. The summed E-state index contributed by atoms with van der Waals surface area (Å²) in [6, 6.07) is 10.1. The van der Waals surface area contributed by atoms with Crippen molar-refractivity contribution in [1.29, 1.82) is 0 Å². The number of aromatic nitrogens is 1. The predicted octanol–water partition coefficient (Wildman–Crippen LogP) is 4.80. The van der Waals surface area contributed by atoms with E-state index in [1.807, 2.05) is 6.07 Å². The van der Waals surface area contributed by atoms with Gasteiger partial charge >= 0.3 is 6.18 Å². The van der Waals surface area contributed by atoms with Crippen molar-refractivity contribution in [1.82, 2.24) is 10.3 Å². The summed E-state index contributed by atoms with van der Waals surface area (Å²) in [7, 11) is 0. The molecule has 150 valence electrons. The summed E-state index contributed by atoms with van der Waals surface area (Å²) < 4.78 is 48.7. The molecule has 0 saturated heterocycles. The monoisotopic (exact) mass is 420 g/mol. The predicted molar refractivity (Wildman–Crippen MR) is 101 cm³/mol. The third kappa shape index (κ3) is 4.04. The number of nitrogens with zero attached hydrogens (tertiary/aromatic N) is 1. The van der Waals surface area contributed by atoms with Crippen LogP contribution in [0.5, 0.6) is 11.5 Å². The zero-order valence-corrected chi connectivity index (χ0v) is 16.0. The summed E-state index contributed by atoms with van der Waals surface area (Å²) in [5.74, 6) is 1.01. The van der Waals surface area contributed by atoms with Crippen LogP contribution >= 0.6 is 11.3 Å². The highest BCUT2D eigenvalue weighted by Gasteiger charge is 2.30. The van der Waals surface area contributed by atoms with Crippen LogP contribution in [0.3, 0.4) is 0 Å². The van der Waals surface area contributed by atoms with Gasteiger partial charge in [0, 0.05) is 12.1 Å². The number of carbonyl (C=O) groups excluding carboxylic acids is 1. The second-order valence-corrected chi connectivity index (χ2v) is 7.38. The highest BCUT2D eigenvalue weighted by Crippen LogP contribution is 2.34. The van der Waals surface area contributed by atoms with Gasteiger partial charge in [0.2, 0.25) is 6.79 Å². The molecule has 1 aliphatic rings. The van der Waals surface area contributed by atoms with E-state index in [0.29, 0.717) is 39.2 Å². The molecule has 5 nitrogen and oxygen atoms in total. The molecule has 1 aromatic heterocycles. The van der Waals surface area contributed by atoms with Gasteiger partial charge in [-0.25, -0.2) is 4.98 Å². The van der Waals surface area contributed by atoms with Gasteiger partial charge in [0.15, 0.2) is 11.5 Å². The maximum atomic E-state index is 12.7. The zero-order valence-electron chi connectivity index (χ0n) is 15.2. The van der Waals surface area contributed by atoms with Gasteiger partial charge in [-0.3, -0.25) is 4.79 Å². The number of halogens is 3. The number of alkyl halides is 3. The lowest BCUT2D eigenvalue weighted by Gasteiger charge is -2.06. The van der Waals surface area contributed by atoms with Crippen LogP contribution in [0.15, 0.2) is 42.5 Å². The molecule has 0 aliphatic carbocycles. The third-order valence-corrected chi connectivity index (χ3v) is 5.56. The minimum Gasteiger partial charge on any atom is -0.454 e. The van der Waals surface area contributed by atoms with Gasteiger partial charge in [0.25, 0.3) is 5.91 Å². The highest BCUT2D eigenvalue weighted by molar-refractivity contribution is 7.17. The van der Waals surface area contributed by atoms with Crippen molar-refractivity contribution in [2.24, 2.45) is 0 Å². The van der Waals surface area contributed by atoms with Crippen LogP contribution in [-0.4, -0.2) is 17.7 Å². The SMILES string of the molecule is Cc1nc(-c2ccc(C(F)(F)F)cc2)sc1C(=O)NCc1ccc2c(c1)OCO2. The molecule has 1 aliphatic heterocycles. The molecule has 0 radical (unpaired) electrons. The van der Waals surface area contributed by atoms with Gasteiger partial charge in [-0.1, -0.05) is 18.2 Å². The van der Waals surface area contributed by atoms with Gasteiger partial charge in [0.1, 0.15) is 9.88 Å². The highest BCUT2D eigenvalue weighted by atomic mass is 32.1. The lowest BCUT2D eigenvalue weighted by atomic mass is 10.1. The Morgan fingerprint density at radius 2 is 1.86 bits per heavy atom. The van der Waals surface area contributed by atoms with Crippen molar-refractivity contribution < 1.29 is 27.4 Å². The first-order valence-corrected chi connectivity index (χ1v) is 9.45. The van der Waals surface area contributed by atoms with Crippen LogP contribution in [-0.2, 0) is 12.7 Å². The first kappa shape index (κ1) is 19.3. The normalized spacial score (nSPS) is 12.8. The van der Waals surface area contributed by atoms with E-state index >= 15 is 0 Å². The number of ether oxygens (including phenoxy) is 2. The maximum Gasteiger partial charge on any atom is 0.416 e. The molecule has 0 unspecified atom stereocenters. The number of benzene rings is 2. The number of fused-ring (bicyclic) bond motifs is 1. The summed E-state index contributed by atoms with van der Waals surface area (Å²) in [6.07, 6.45) is -4.39. The Balaban J connectivity index is 1.46. The Morgan fingerprint density at radius 1 is 1.14 bits per heavy atom. The smallest absolute Gasteiger partial charge is 0.416 e. The number of aryl methyl sites for hydroxylation is 1. The van der Waals surface area contributed by atoms with E-state index < -0.39 is 11.7 Å². The number of hydrogen-bond acceptors (Lipinski definition) is 5. The van der Waals surface area contributed by atoms with E-state index in [1.165, 1.54) is 12.1 Å². The summed E-state index contributed by atoms with van der Waals surface area (Å²) in [5, 5.41) is 3.32. The molecule has 3 aromatic rings. The number of thiazole rings is 1. The Hall–Kier alpha value is -3.07. The standard InChI is InChI=1S/C20H15F3N2O3S/c1-11-17(18(26)24-9-12-2-7-15-16(8-12)28-10-27-15)29-19(25-11)13-3-5-14(6-4-13)20(21,22)23/h2-8H,9-10H2,1H3,(H,24,26). The van der Waals surface area contributed by atoms with Crippen molar-refractivity contribution in [3.8, 4) is 22.1 Å². The molecular weight excluding hydrogens is 405 g/mol. The Bertz CT molecular complexity index is 1060. The van der Waals surface area contributed by atoms with Crippen molar-refractivity contribution in [3.05, 3.63) is 64.2 Å². The van der Waals surface area contributed by atoms with Crippen LogP contribution in [0.4, 0.5) is 13.2 Å². The van der Waals surface area contributed by atoms with E-state index in [9.17, 15) is 18.0 Å². The average Bonchev–Trinajstić information content (AvgIpc) is 3.31. The third-order valence-electron chi connectivity index (χ3n) is 4.35. The summed E-state index contributed by atoms with van der Waals surface area (Å²) in [5.41, 5.74) is 1.18. The van der Waals surface area contributed by atoms with Crippen molar-refractivity contribution in [3.63, 3.8) is 0 Å². The molecule has 0 spiro atoms. The molecular formula is C20H15F3N2O3S. The molecule has 1 amide bonds. The van der Waals surface area contributed by atoms with Crippen LogP contribution in [0.25, 0.3) is 10.6 Å². The molecule has 2 heterocycles. The molecule has 9 heteroatoms. The van der Waals surface area contributed by atoms with Crippen LogP contribution in [0.1, 0.15) is 26.5 Å². The molecule has 0 bridgehead atoms. The molecule has 29 heavy (non-hydrogen) atoms. The quantitative estimate of drug-likeness (QED) is 0.659. The zero-order chi connectivity index (χ0) is 20.6. The maximum absolute atomic E-state index is 12.7. The lowest BCUT2D eigenvalue weighted by Crippen LogP contribution is -2.22. The van der Waals surface area contributed by atoms with Crippen LogP contribution in [0.2, 0.25) is 0 Å². The van der Waals surface area contributed by atoms with Crippen LogP contribution < -0.4 is 14.8 Å². The van der Waals surface area contributed by atoms with Gasteiger partial charge in [0.05, 0.1) is 11.3 Å². The minimum atomic E-state index is -4.39. The molecule has 4 rings (SSSR count). The van der Waals surface area contributed by atoms with Crippen molar-refractivity contribution >= 4 is 17.2 Å². The van der Waals surface area contributed by atoms with E-state index in [2.05, 4.69) is 10.3 Å². The summed E-state index contributed by atoms with van der Waals surface area (Å²) >= 11 is 1.14. The fourth-order valence-corrected chi connectivity index (χ4v) is 3.83. The van der Waals surface area contributed by atoms with E-state index in [4.69, 9.17) is 9.47 Å². The topological polar surface area (TPSA) is 60.5 Å². The molecule has 1 N–H and O–H groups in total. The number of carbonyl (C=O) groups is 1. The van der Waals surface area contributed by atoms with Gasteiger partial charge < -0.3 is 14.8 Å². The van der Waals surface area contributed by atoms with Gasteiger partial charge in [-0.15, -0.1) is 11.3 Å². The summed E-state index contributed by atoms with van der Waals surface area (Å²) in [4.78, 5) is 17.3. The second kappa shape index (κ2) is 7.40. The minimum absolute atomic E-state index is 0.179. The lowest BCUT2D eigenvalue weighted by molar-refractivity contribution is -0.137. The first-order valence-electron chi connectivity index (χ1n) is 8.63. The Morgan fingerprint density at radius 3 is 2.59 bits per heavy atom. The molecule has 2 aromatic carbocycles. The average molecular weight is 420 g/mol. The fourth-order valence-electron chi connectivity index (χ4n) is 2.85. The van der Waals surface area contributed by atoms with Crippen LogP contribution in [0, 0.1) is 6.92 Å². The van der Waals surface area contributed by atoms with Crippen molar-refractivity contribution in [2.75, 3.05) is 6.79 Å². The van der Waals surface area contributed by atoms with E-state index in [0.717, 1.165) is 29.0 Å². The van der Waals surface area contributed by atoms with Crippen molar-refractivity contribution in [2.45, 2.75) is 19.6 Å². The number of rotatable bonds is 4. The number of hydrogen-bond donors (Lipinski definition) is 1. The summed E-state index contributed by atoms with van der Waals surface area (Å²) in [6.45, 7) is 2.17. The number of amides is 1. The van der Waals surface area contributed by atoms with E-state index in [-0.39, 0.29) is 12.7 Å². The fraction of sp³-hybridized carbons (Fsp3) is 0.200. The largest absolute Gasteiger partial charge is 0.454 e. The second-order valence-electron chi connectivity index (χ2n) is 6.38. The molecule has 0 saturated carbocycles.